The van der Waals surface area contributed by atoms with E-state index in [9.17, 15) is 5.11 Å². The molecule has 90 valence electrons. The first-order valence-corrected chi connectivity index (χ1v) is 6.91. The summed E-state index contributed by atoms with van der Waals surface area (Å²) < 4.78 is 0. The van der Waals surface area contributed by atoms with Crippen molar-refractivity contribution in [3.8, 4) is 0 Å². The first-order chi connectivity index (χ1) is 7.59. The Morgan fingerprint density at radius 1 is 1.31 bits per heavy atom. The Morgan fingerprint density at radius 2 is 1.94 bits per heavy atom. The molecule has 3 heteroatoms. The maximum atomic E-state index is 9.29. The van der Waals surface area contributed by atoms with Crippen LogP contribution >= 0.6 is 11.8 Å². The molecule has 0 bridgehead atoms. The first-order valence-electron chi connectivity index (χ1n) is 5.51. The summed E-state index contributed by atoms with van der Waals surface area (Å²) in [5.41, 5.74) is 1.04. The second-order valence-electron chi connectivity index (χ2n) is 4.60. The van der Waals surface area contributed by atoms with Crippen molar-refractivity contribution >= 4 is 11.8 Å². The highest BCUT2D eigenvalue weighted by molar-refractivity contribution is 7.98. The van der Waals surface area contributed by atoms with Crippen molar-refractivity contribution in [2.75, 3.05) is 18.6 Å². The van der Waals surface area contributed by atoms with Crippen molar-refractivity contribution in [3.05, 3.63) is 35.9 Å². The van der Waals surface area contributed by atoms with Gasteiger partial charge in [0.1, 0.15) is 0 Å². The van der Waals surface area contributed by atoms with E-state index >= 15 is 0 Å². The lowest BCUT2D eigenvalue weighted by molar-refractivity contribution is 0.178. The van der Waals surface area contributed by atoms with Crippen molar-refractivity contribution in [3.63, 3.8) is 0 Å². The standard InChI is InChI=1S/C13H21NOS/c1-13(2,10-15)14-12(9-16-3)11-7-5-4-6-8-11/h4-8,12,14-15H,9-10H2,1-3H3. The van der Waals surface area contributed by atoms with Gasteiger partial charge in [-0.05, 0) is 25.7 Å². The molecule has 1 aromatic rings. The van der Waals surface area contributed by atoms with Crippen LogP contribution in [0.2, 0.25) is 0 Å². The van der Waals surface area contributed by atoms with Crippen LogP contribution in [0.25, 0.3) is 0 Å². The molecule has 1 rings (SSSR count). The van der Waals surface area contributed by atoms with E-state index in [0.717, 1.165) is 5.75 Å². The second kappa shape index (κ2) is 6.28. The van der Waals surface area contributed by atoms with Crippen LogP contribution in [0.1, 0.15) is 25.5 Å². The van der Waals surface area contributed by atoms with Gasteiger partial charge in [0, 0.05) is 17.3 Å². The van der Waals surface area contributed by atoms with Gasteiger partial charge in [-0.1, -0.05) is 30.3 Å². The van der Waals surface area contributed by atoms with Crippen molar-refractivity contribution in [2.45, 2.75) is 25.4 Å². The van der Waals surface area contributed by atoms with Crippen LogP contribution in [0, 0.1) is 0 Å². The van der Waals surface area contributed by atoms with Crippen LogP contribution < -0.4 is 5.32 Å². The third-order valence-electron chi connectivity index (χ3n) is 2.50. The van der Waals surface area contributed by atoms with Gasteiger partial charge in [0.25, 0.3) is 0 Å². The maximum Gasteiger partial charge on any atom is 0.0608 e. The summed E-state index contributed by atoms with van der Waals surface area (Å²) in [5.74, 6) is 1.01. The van der Waals surface area contributed by atoms with Crippen LogP contribution in [0.15, 0.2) is 30.3 Å². The molecule has 0 aliphatic heterocycles. The van der Waals surface area contributed by atoms with Gasteiger partial charge in [0.05, 0.1) is 6.61 Å². The molecule has 0 saturated carbocycles. The van der Waals surface area contributed by atoms with Crippen LogP contribution in [0.5, 0.6) is 0 Å². The van der Waals surface area contributed by atoms with Crippen molar-refractivity contribution in [1.82, 2.24) is 5.32 Å². The Balaban J connectivity index is 2.76. The largest absolute Gasteiger partial charge is 0.394 e. The highest BCUT2D eigenvalue weighted by Gasteiger charge is 2.21. The van der Waals surface area contributed by atoms with Gasteiger partial charge in [-0.15, -0.1) is 0 Å². The molecule has 0 fully saturated rings. The topological polar surface area (TPSA) is 32.3 Å². The predicted octanol–water partition coefficient (Wildman–Crippen LogP) is 2.45. The van der Waals surface area contributed by atoms with Gasteiger partial charge in [0.2, 0.25) is 0 Å². The van der Waals surface area contributed by atoms with Gasteiger partial charge in [-0.25, -0.2) is 0 Å². The van der Waals surface area contributed by atoms with Crippen LogP contribution in [0.4, 0.5) is 0 Å². The van der Waals surface area contributed by atoms with E-state index in [-0.39, 0.29) is 12.1 Å². The summed E-state index contributed by atoms with van der Waals surface area (Å²) in [4.78, 5) is 0. The number of aliphatic hydroxyl groups is 1. The predicted molar refractivity (Wildman–Crippen MR) is 71.9 cm³/mol. The van der Waals surface area contributed by atoms with Crippen LogP contribution in [-0.2, 0) is 0 Å². The Morgan fingerprint density at radius 3 is 2.44 bits per heavy atom. The Kier molecular flexibility index (Phi) is 5.32. The lowest BCUT2D eigenvalue weighted by atomic mass is 10.0. The van der Waals surface area contributed by atoms with E-state index < -0.39 is 0 Å². The molecule has 1 atom stereocenters. The number of rotatable bonds is 6. The lowest BCUT2D eigenvalue weighted by Crippen LogP contribution is -2.45. The highest BCUT2D eigenvalue weighted by Crippen LogP contribution is 2.20. The molecule has 0 amide bonds. The van der Waals surface area contributed by atoms with Gasteiger partial charge in [0.15, 0.2) is 0 Å². The molecular weight excluding hydrogens is 218 g/mol. The van der Waals surface area contributed by atoms with Crippen molar-refractivity contribution < 1.29 is 5.11 Å². The Hall–Kier alpha value is -0.510. The summed E-state index contributed by atoms with van der Waals surface area (Å²) in [6.07, 6.45) is 2.10. The molecule has 2 nitrogen and oxygen atoms in total. The molecule has 0 saturated heterocycles. The first kappa shape index (κ1) is 13.6. The van der Waals surface area contributed by atoms with E-state index in [2.05, 4.69) is 35.8 Å². The zero-order chi connectivity index (χ0) is 12.0. The quantitative estimate of drug-likeness (QED) is 0.800. The third kappa shape index (κ3) is 4.16. The number of thioether (sulfide) groups is 1. The SMILES string of the molecule is CSCC(NC(C)(C)CO)c1ccccc1. The third-order valence-corrected chi connectivity index (χ3v) is 3.16. The van der Waals surface area contributed by atoms with Gasteiger partial charge < -0.3 is 10.4 Å². The zero-order valence-electron chi connectivity index (χ0n) is 10.2. The van der Waals surface area contributed by atoms with Gasteiger partial charge in [-0.2, -0.15) is 11.8 Å². The van der Waals surface area contributed by atoms with E-state index in [1.54, 1.807) is 0 Å². The molecule has 16 heavy (non-hydrogen) atoms. The number of hydrogen-bond acceptors (Lipinski definition) is 3. The summed E-state index contributed by atoms with van der Waals surface area (Å²) >= 11 is 1.81. The fourth-order valence-electron chi connectivity index (χ4n) is 1.59. The molecule has 0 spiro atoms. The maximum absolute atomic E-state index is 9.29. The fraction of sp³-hybridized carbons (Fsp3) is 0.538. The summed E-state index contributed by atoms with van der Waals surface area (Å²) in [6.45, 7) is 4.18. The van der Waals surface area contributed by atoms with E-state index in [4.69, 9.17) is 0 Å². The van der Waals surface area contributed by atoms with Crippen LogP contribution in [-0.4, -0.2) is 29.3 Å². The smallest absolute Gasteiger partial charge is 0.0608 e. The van der Waals surface area contributed by atoms with Crippen LogP contribution in [0.3, 0.4) is 0 Å². The Bertz CT molecular complexity index is 300. The van der Waals surface area contributed by atoms with Crippen molar-refractivity contribution in [2.24, 2.45) is 0 Å². The molecule has 0 aromatic heterocycles. The lowest BCUT2D eigenvalue weighted by Gasteiger charge is -2.30. The van der Waals surface area contributed by atoms with Gasteiger partial charge in [-0.3, -0.25) is 0 Å². The minimum Gasteiger partial charge on any atom is -0.394 e. The average Bonchev–Trinajstić information content (AvgIpc) is 2.29. The average molecular weight is 239 g/mol. The zero-order valence-corrected chi connectivity index (χ0v) is 11.1. The monoisotopic (exact) mass is 239 g/mol. The molecule has 0 radical (unpaired) electrons. The van der Waals surface area contributed by atoms with E-state index in [0.29, 0.717) is 6.04 Å². The second-order valence-corrected chi connectivity index (χ2v) is 5.52. The van der Waals surface area contributed by atoms with E-state index in [1.165, 1.54) is 5.56 Å². The molecule has 0 heterocycles. The minimum atomic E-state index is -0.240. The number of nitrogens with one attached hydrogen (secondary N) is 1. The number of aliphatic hydroxyl groups excluding tert-OH is 1. The molecule has 0 aliphatic rings. The van der Waals surface area contributed by atoms with Crippen molar-refractivity contribution in [1.29, 1.82) is 0 Å². The highest BCUT2D eigenvalue weighted by atomic mass is 32.2. The number of benzene rings is 1. The minimum absolute atomic E-state index is 0.144. The van der Waals surface area contributed by atoms with Gasteiger partial charge >= 0.3 is 0 Å². The Labute approximate surface area is 102 Å². The van der Waals surface area contributed by atoms with E-state index in [1.807, 2.05) is 31.7 Å². The summed E-state index contributed by atoms with van der Waals surface area (Å²) in [5, 5.41) is 12.8. The normalized spacial score (nSPS) is 13.8. The molecule has 0 aliphatic carbocycles. The number of hydrogen-bond donors (Lipinski definition) is 2. The molecule has 1 unspecified atom stereocenters. The summed E-state index contributed by atoms with van der Waals surface area (Å²) in [7, 11) is 0. The molecule has 1 aromatic carbocycles. The molecular formula is C13H21NOS. The molecule has 2 N–H and O–H groups in total. The fourth-order valence-corrected chi connectivity index (χ4v) is 2.20. The summed E-state index contributed by atoms with van der Waals surface area (Å²) in [6, 6.07) is 10.7.